The molecule has 0 aromatic heterocycles. The topological polar surface area (TPSA) is 99.6 Å². The molecule has 0 saturated carbocycles. The molecule has 9 nitrogen and oxygen atoms in total. The van der Waals surface area contributed by atoms with Gasteiger partial charge in [0.05, 0.1) is 24.0 Å². The molecule has 1 aromatic rings. The molecule has 1 spiro atoms. The van der Waals surface area contributed by atoms with Crippen molar-refractivity contribution in [3.05, 3.63) is 49.6 Å². The van der Waals surface area contributed by atoms with Gasteiger partial charge in [-0.3, -0.25) is 14.4 Å². The fourth-order valence-corrected chi connectivity index (χ4v) is 7.76. The van der Waals surface area contributed by atoms with Crippen LogP contribution < -0.4 is 9.64 Å². The van der Waals surface area contributed by atoms with Gasteiger partial charge >= 0.3 is 0 Å². The Morgan fingerprint density at radius 1 is 1.11 bits per heavy atom. The van der Waals surface area contributed by atoms with E-state index in [1.807, 2.05) is 49.9 Å². The van der Waals surface area contributed by atoms with Gasteiger partial charge < -0.3 is 29.3 Å². The number of likely N-dealkylation sites (tertiary alicyclic amines) is 1. The minimum atomic E-state index is -1.09. The van der Waals surface area contributed by atoms with E-state index in [-0.39, 0.29) is 36.9 Å². The van der Waals surface area contributed by atoms with Gasteiger partial charge in [0.2, 0.25) is 17.7 Å². The van der Waals surface area contributed by atoms with E-state index in [0.29, 0.717) is 56.8 Å². The smallest absolute Gasteiger partial charge is 0.248 e. The summed E-state index contributed by atoms with van der Waals surface area (Å²) in [6.45, 7) is 17.4. The van der Waals surface area contributed by atoms with Gasteiger partial charge in [-0.05, 0) is 83.6 Å². The number of nitrogens with zero attached hydrogens (tertiary/aromatic N) is 3. The fourth-order valence-electron chi connectivity index (χ4n) is 7.76. The molecular weight excluding hydrogens is 558 g/mol. The van der Waals surface area contributed by atoms with Crippen LogP contribution in [-0.2, 0) is 19.1 Å². The van der Waals surface area contributed by atoms with Crippen LogP contribution in [0.2, 0.25) is 0 Å². The number of carbonyl (C=O) groups excluding carboxylic acids is 3. The van der Waals surface area contributed by atoms with Crippen LogP contribution in [0.3, 0.4) is 0 Å². The molecule has 3 amide bonds. The first-order valence-electron chi connectivity index (χ1n) is 16.3. The Kier molecular flexibility index (Phi) is 10.9. The van der Waals surface area contributed by atoms with Crippen molar-refractivity contribution in [1.29, 1.82) is 0 Å². The highest BCUT2D eigenvalue weighted by Gasteiger charge is 2.78. The lowest BCUT2D eigenvalue weighted by Crippen LogP contribution is -2.58. The molecule has 3 heterocycles. The quantitative estimate of drug-likeness (QED) is 0.203. The third kappa shape index (κ3) is 6.05. The fraction of sp³-hybridized carbons (Fsp3) is 0.629. The molecule has 0 radical (unpaired) electrons. The summed E-state index contributed by atoms with van der Waals surface area (Å²) in [6.07, 6.45) is 8.26. The van der Waals surface area contributed by atoms with Crippen molar-refractivity contribution in [1.82, 2.24) is 9.80 Å². The first kappa shape index (κ1) is 33.7. The van der Waals surface area contributed by atoms with Crippen molar-refractivity contribution in [2.24, 2.45) is 11.8 Å². The number of hydrogen-bond acceptors (Lipinski definition) is 6. The lowest BCUT2D eigenvalue weighted by atomic mass is 9.66. The highest BCUT2D eigenvalue weighted by molar-refractivity contribution is 6.03. The maximum absolute atomic E-state index is 14.6. The first-order chi connectivity index (χ1) is 21.1. The summed E-state index contributed by atoms with van der Waals surface area (Å²) in [5.41, 5.74) is -1.30. The molecule has 44 heavy (non-hydrogen) atoms. The molecule has 4 rings (SSSR count). The molecule has 242 valence electrons. The summed E-state index contributed by atoms with van der Waals surface area (Å²) >= 11 is 0. The predicted molar refractivity (Wildman–Crippen MR) is 171 cm³/mol. The maximum atomic E-state index is 14.6. The summed E-state index contributed by atoms with van der Waals surface area (Å²) < 4.78 is 12.5. The molecule has 3 saturated heterocycles. The van der Waals surface area contributed by atoms with Gasteiger partial charge in [0.15, 0.2) is 0 Å². The largest absolute Gasteiger partial charge is 0.494 e. The number of rotatable bonds is 17. The summed E-state index contributed by atoms with van der Waals surface area (Å²) in [4.78, 5) is 48.9. The number of hydrogen-bond donors (Lipinski definition) is 1. The van der Waals surface area contributed by atoms with E-state index in [1.54, 1.807) is 22.0 Å². The molecule has 3 aliphatic rings. The van der Waals surface area contributed by atoms with Crippen LogP contribution in [0, 0.1) is 11.8 Å². The molecule has 3 fully saturated rings. The van der Waals surface area contributed by atoms with Crippen molar-refractivity contribution in [3.8, 4) is 5.75 Å². The minimum absolute atomic E-state index is 0.0401. The maximum Gasteiger partial charge on any atom is 0.248 e. The molecule has 3 aliphatic heterocycles. The highest BCUT2D eigenvalue weighted by atomic mass is 16.5. The van der Waals surface area contributed by atoms with Crippen LogP contribution >= 0.6 is 0 Å². The molecule has 3 unspecified atom stereocenters. The number of anilines is 1. The monoisotopic (exact) mass is 609 g/mol. The number of ether oxygens (including phenoxy) is 2. The third-order valence-electron chi connectivity index (χ3n) is 9.72. The van der Waals surface area contributed by atoms with Crippen LogP contribution in [0.25, 0.3) is 0 Å². The number of aliphatic hydroxyl groups is 1. The number of fused-ring (bicyclic) bond motifs is 1. The Labute approximate surface area is 262 Å². The summed E-state index contributed by atoms with van der Waals surface area (Å²) in [5, 5.41) is 9.34. The SMILES string of the molecule is C=CCN(C(=O)[C@@H]1[C@H]2C(=O)N(CCCCCO)C(C(=O)N(CC=C)C(C)CCC)C23CC[C@@]1(C)O3)c1ccc(OCC)cc1. The second kappa shape index (κ2) is 14.3. The molecular formula is C35H51N3O6. The zero-order chi connectivity index (χ0) is 32.1. The summed E-state index contributed by atoms with van der Waals surface area (Å²) in [7, 11) is 0. The normalized spacial score (nSPS) is 27.6. The van der Waals surface area contributed by atoms with E-state index < -0.39 is 29.1 Å². The molecule has 1 N–H and O–H groups in total. The first-order valence-corrected chi connectivity index (χ1v) is 16.3. The third-order valence-corrected chi connectivity index (χ3v) is 9.72. The van der Waals surface area contributed by atoms with E-state index in [4.69, 9.17) is 9.47 Å². The highest BCUT2D eigenvalue weighted by Crippen LogP contribution is 2.63. The Hall–Kier alpha value is -3.17. The average Bonchev–Trinajstić information content (AvgIpc) is 3.57. The zero-order valence-electron chi connectivity index (χ0n) is 27.0. The Morgan fingerprint density at radius 2 is 1.82 bits per heavy atom. The molecule has 2 bridgehead atoms. The second-order valence-electron chi connectivity index (χ2n) is 12.6. The predicted octanol–water partition coefficient (Wildman–Crippen LogP) is 4.73. The van der Waals surface area contributed by atoms with Gasteiger partial charge in [-0.2, -0.15) is 0 Å². The molecule has 6 atom stereocenters. The molecule has 1 aromatic carbocycles. The van der Waals surface area contributed by atoms with E-state index in [9.17, 15) is 19.5 Å². The van der Waals surface area contributed by atoms with Gasteiger partial charge in [-0.25, -0.2) is 0 Å². The van der Waals surface area contributed by atoms with Crippen molar-refractivity contribution < 1.29 is 29.0 Å². The van der Waals surface area contributed by atoms with E-state index in [1.165, 1.54) is 0 Å². The average molecular weight is 610 g/mol. The van der Waals surface area contributed by atoms with Gasteiger partial charge in [0.1, 0.15) is 17.4 Å². The van der Waals surface area contributed by atoms with Crippen molar-refractivity contribution in [2.75, 3.05) is 37.7 Å². The van der Waals surface area contributed by atoms with Crippen molar-refractivity contribution in [3.63, 3.8) is 0 Å². The van der Waals surface area contributed by atoms with Gasteiger partial charge in [0.25, 0.3) is 0 Å². The van der Waals surface area contributed by atoms with Crippen LogP contribution in [-0.4, -0.2) is 88.8 Å². The summed E-state index contributed by atoms with van der Waals surface area (Å²) in [5.74, 6) is -1.36. The Balaban J connectivity index is 1.75. The lowest BCUT2D eigenvalue weighted by molar-refractivity contribution is -0.152. The van der Waals surface area contributed by atoms with Crippen LogP contribution in [0.5, 0.6) is 5.75 Å². The number of benzene rings is 1. The lowest BCUT2D eigenvalue weighted by Gasteiger charge is -2.39. The number of unbranched alkanes of at least 4 members (excludes halogenated alkanes) is 2. The van der Waals surface area contributed by atoms with Crippen molar-refractivity contribution in [2.45, 2.75) is 95.9 Å². The standard InChI is InChI=1S/C35H51N3O6/c1-7-14-25(5)36(21-8-2)33(42)30-35-20-19-34(6,44-35)28(29(35)32(41)38(30)23-12-11-13-24-39)31(40)37(22-9-3)26-15-17-27(18-16-26)43-10-4/h8-9,15-18,25,28-30,39H,2-3,7,10-14,19-24H2,1,4-6H3/t25?,28-,29-,30?,34+,35?/m0/s1. The van der Waals surface area contributed by atoms with Gasteiger partial charge in [0, 0.05) is 38.0 Å². The van der Waals surface area contributed by atoms with E-state index >= 15 is 0 Å². The Morgan fingerprint density at radius 3 is 2.43 bits per heavy atom. The second-order valence-corrected chi connectivity index (χ2v) is 12.6. The van der Waals surface area contributed by atoms with Crippen LogP contribution in [0.1, 0.15) is 72.6 Å². The minimum Gasteiger partial charge on any atom is -0.494 e. The van der Waals surface area contributed by atoms with Gasteiger partial charge in [-0.15, -0.1) is 13.2 Å². The zero-order valence-corrected chi connectivity index (χ0v) is 27.0. The summed E-state index contributed by atoms with van der Waals surface area (Å²) in [6, 6.07) is 6.48. The van der Waals surface area contributed by atoms with Crippen LogP contribution in [0.4, 0.5) is 5.69 Å². The van der Waals surface area contributed by atoms with E-state index in [0.717, 1.165) is 19.3 Å². The van der Waals surface area contributed by atoms with E-state index in [2.05, 4.69) is 20.1 Å². The van der Waals surface area contributed by atoms with Gasteiger partial charge in [-0.1, -0.05) is 25.5 Å². The van der Waals surface area contributed by atoms with Crippen molar-refractivity contribution >= 4 is 23.4 Å². The number of carbonyl (C=O) groups is 3. The number of aliphatic hydroxyl groups excluding tert-OH is 1. The molecule has 9 heteroatoms. The van der Waals surface area contributed by atoms with Crippen LogP contribution in [0.15, 0.2) is 49.6 Å². The Bertz CT molecular complexity index is 1200. The number of amides is 3. The molecule has 0 aliphatic carbocycles.